The number of benzene rings is 1. The summed E-state index contributed by atoms with van der Waals surface area (Å²) < 4.78 is 5.10. The summed E-state index contributed by atoms with van der Waals surface area (Å²) in [6.07, 6.45) is 0. The first-order chi connectivity index (χ1) is 8.11. The number of nitrogens with two attached hydrogens (primary N) is 1. The average molecular weight is 230 g/mol. The van der Waals surface area contributed by atoms with E-state index in [1.54, 1.807) is 19.2 Å². The Morgan fingerprint density at radius 1 is 1.12 bits per heavy atom. The second kappa shape index (κ2) is 4.37. The van der Waals surface area contributed by atoms with Crippen LogP contribution in [0.5, 0.6) is 5.75 Å². The molecule has 5 nitrogen and oxygen atoms in total. The van der Waals surface area contributed by atoms with Crippen LogP contribution in [0.1, 0.15) is 11.4 Å². The molecule has 0 aliphatic rings. The van der Waals surface area contributed by atoms with Crippen molar-refractivity contribution in [1.29, 1.82) is 0 Å². The second-order valence-electron chi connectivity index (χ2n) is 3.76. The van der Waals surface area contributed by atoms with E-state index in [4.69, 9.17) is 10.5 Å². The van der Waals surface area contributed by atoms with E-state index < -0.39 is 0 Å². The molecule has 0 saturated carbocycles. The summed E-state index contributed by atoms with van der Waals surface area (Å²) in [7, 11) is 1.58. The highest BCUT2D eigenvalue weighted by atomic mass is 16.5. The molecule has 1 heterocycles. The van der Waals surface area contributed by atoms with E-state index in [0.29, 0.717) is 17.3 Å². The van der Waals surface area contributed by atoms with E-state index in [9.17, 15) is 0 Å². The maximum atomic E-state index is 5.84. The smallest absolute Gasteiger partial charge is 0.182 e. The van der Waals surface area contributed by atoms with Crippen molar-refractivity contribution in [3.05, 3.63) is 29.6 Å². The molecule has 2 rings (SSSR count). The van der Waals surface area contributed by atoms with Crippen molar-refractivity contribution in [2.24, 2.45) is 0 Å². The van der Waals surface area contributed by atoms with Crippen LogP contribution in [0.4, 0.5) is 5.69 Å². The summed E-state index contributed by atoms with van der Waals surface area (Å²) in [5.74, 6) is 1.22. The first-order valence-electron chi connectivity index (χ1n) is 5.23. The van der Waals surface area contributed by atoms with Crippen LogP contribution in [0.25, 0.3) is 11.4 Å². The fourth-order valence-corrected chi connectivity index (χ4v) is 1.45. The molecule has 0 radical (unpaired) electrons. The lowest BCUT2D eigenvalue weighted by atomic mass is 10.1. The monoisotopic (exact) mass is 230 g/mol. The molecule has 0 spiro atoms. The van der Waals surface area contributed by atoms with E-state index in [1.807, 2.05) is 19.9 Å². The lowest BCUT2D eigenvalue weighted by molar-refractivity contribution is 0.417. The molecule has 88 valence electrons. The maximum absolute atomic E-state index is 5.84. The predicted molar refractivity (Wildman–Crippen MR) is 65.7 cm³/mol. The second-order valence-corrected chi connectivity index (χ2v) is 3.76. The van der Waals surface area contributed by atoms with Gasteiger partial charge in [0, 0.05) is 5.56 Å². The van der Waals surface area contributed by atoms with Gasteiger partial charge in [-0.2, -0.15) is 5.10 Å². The molecule has 0 fully saturated rings. The van der Waals surface area contributed by atoms with E-state index in [1.165, 1.54) is 0 Å². The number of nitrogens with zero attached hydrogens (tertiary/aromatic N) is 3. The molecule has 0 aliphatic heterocycles. The topological polar surface area (TPSA) is 73.9 Å². The van der Waals surface area contributed by atoms with Crippen LogP contribution >= 0.6 is 0 Å². The molecule has 0 unspecified atom stereocenters. The van der Waals surface area contributed by atoms with Crippen LogP contribution in [0.3, 0.4) is 0 Å². The number of rotatable bonds is 2. The molecule has 1 aromatic carbocycles. The number of aromatic nitrogens is 3. The van der Waals surface area contributed by atoms with Gasteiger partial charge in [0.05, 0.1) is 24.2 Å². The molecule has 0 bridgehead atoms. The lowest BCUT2D eigenvalue weighted by Crippen LogP contribution is -2.00. The molecule has 2 N–H and O–H groups in total. The predicted octanol–water partition coefficient (Wildman–Crippen LogP) is 1.75. The normalized spacial score (nSPS) is 10.3. The minimum absolute atomic E-state index is 0.562. The van der Waals surface area contributed by atoms with Gasteiger partial charge in [-0.1, -0.05) is 0 Å². The first-order valence-corrected chi connectivity index (χ1v) is 5.23. The standard InChI is InChI=1S/C12H14N4O/c1-7-8(2)15-16-12(14-7)9-4-5-11(17-3)10(13)6-9/h4-6H,13H2,1-3H3. The summed E-state index contributed by atoms with van der Waals surface area (Å²) in [5, 5.41) is 8.09. The van der Waals surface area contributed by atoms with Crippen LogP contribution < -0.4 is 10.5 Å². The van der Waals surface area contributed by atoms with Gasteiger partial charge in [0.15, 0.2) is 5.82 Å². The number of aryl methyl sites for hydroxylation is 2. The van der Waals surface area contributed by atoms with Crippen LogP contribution in [0, 0.1) is 13.8 Å². The summed E-state index contributed by atoms with van der Waals surface area (Å²) in [5.41, 5.74) is 8.92. The van der Waals surface area contributed by atoms with Crippen LogP contribution in [-0.2, 0) is 0 Å². The van der Waals surface area contributed by atoms with Gasteiger partial charge >= 0.3 is 0 Å². The molecule has 0 atom stereocenters. The molecule has 0 amide bonds. The third-order valence-corrected chi connectivity index (χ3v) is 2.58. The minimum atomic E-state index is 0.562. The molecular formula is C12H14N4O. The van der Waals surface area contributed by atoms with E-state index in [-0.39, 0.29) is 0 Å². The van der Waals surface area contributed by atoms with Gasteiger partial charge in [0.25, 0.3) is 0 Å². The van der Waals surface area contributed by atoms with Gasteiger partial charge in [-0.05, 0) is 32.0 Å². The van der Waals surface area contributed by atoms with Gasteiger partial charge in [-0.25, -0.2) is 4.98 Å². The minimum Gasteiger partial charge on any atom is -0.495 e. The molecule has 1 aromatic heterocycles. The average Bonchev–Trinajstić information content (AvgIpc) is 2.32. The molecule has 0 aliphatic carbocycles. The highest BCUT2D eigenvalue weighted by Gasteiger charge is 2.07. The van der Waals surface area contributed by atoms with Gasteiger partial charge in [0.1, 0.15) is 5.75 Å². The summed E-state index contributed by atoms with van der Waals surface area (Å²) in [6.45, 7) is 3.78. The van der Waals surface area contributed by atoms with Crippen molar-refractivity contribution in [3.63, 3.8) is 0 Å². The SMILES string of the molecule is COc1ccc(-c2nnc(C)c(C)n2)cc1N. The Hall–Kier alpha value is -2.17. The number of nitrogen functional groups attached to an aromatic ring is 1. The van der Waals surface area contributed by atoms with E-state index in [2.05, 4.69) is 15.2 Å². The first kappa shape index (κ1) is 11.3. The zero-order chi connectivity index (χ0) is 12.4. The van der Waals surface area contributed by atoms with E-state index in [0.717, 1.165) is 17.0 Å². The Balaban J connectivity index is 2.46. The van der Waals surface area contributed by atoms with Crippen LogP contribution in [0.2, 0.25) is 0 Å². The van der Waals surface area contributed by atoms with Crippen molar-refractivity contribution < 1.29 is 4.74 Å². The quantitative estimate of drug-likeness (QED) is 0.795. The van der Waals surface area contributed by atoms with Crippen molar-refractivity contribution in [1.82, 2.24) is 15.2 Å². The van der Waals surface area contributed by atoms with Crippen molar-refractivity contribution in [2.45, 2.75) is 13.8 Å². The Morgan fingerprint density at radius 3 is 2.47 bits per heavy atom. The summed E-state index contributed by atoms with van der Waals surface area (Å²) in [6, 6.07) is 5.44. The molecule has 17 heavy (non-hydrogen) atoms. The number of hydrogen-bond donors (Lipinski definition) is 1. The fourth-order valence-electron chi connectivity index (χ4n) is 1.45. The molecule has 5 heteroatoms. The Labute approximate surface area is 99.7 Å². The zero-order valence-corrected chi connectivity index (χ0v) is 10.1. The number of methoxy groups -OCH3 is 1. The third kappa shape index (κ3) is 2.18. The van der Waals surface area contributed by atoms with Crippen LogP contribution in [-0.4, -0.2) is 22.3 Å². The van der Waals surface area contributed by atoms with Crippen LogP contribution in [0.15, 0.2) is 18.2 Å². The van der Waals surface area contributed by atoms with Gasteiger partial charge in [-0.15, -0.1) is 5.10 Å². The van der Waals surface area contributed by atoms with Crippen molar-refractivity contribution in [3.8, 4) is 17.1 Å². The highest BCUT2D eigenvalue weighted by Crippen LogP contribution is 2.26. The van der Waals surface area contributed by atoms with Crippen molar-refractivity contribution in [2.75, 3.05) is 12.8 Å². The molecule has 0 saturated heterocycles. The Morgan fingerprint density at radius 2 is 1.88 bits per heavy atom. The fraction of sp³-hybridized carbons (Fsp3) is 0.250. The third-order valence-electron chi connectivity index (χ3n) is 2.58. The van der Waals surface area contributed by atoms with Gasteiger partial charge in [-0.3, -0.25) is 0 Å². The van der Waals surface area contributed by atoms with Gasteiger partial charge < -0.3 is 10.5 Å². The number of hydrogen-bond acceptors (Lipinski definition) is 5. The van der Waals surface area contributed by atoms with Gasteiger partial charge in [0.2, 0.25) is 0 Å². The number of ether oxygens (including phenoxy) is 1. The molecule has 2 aromatic rings. The maximum Gasteiger partial charge on any atom is 0.182 e. The lowest BCUT2D eigenvalue weighted by Gasteiger charge is -2.06. The molecular weight excluding hydrogens is 216 g/mol. The Kier molecular flexibility index (Phi) is 2.91. The van der Waals surface area contributed by atoms with Crippen molar-refractivity contribution >= 4 is 5.69 Å². The zero-order valence-electron chi connectivity index (χ0n) is 10.1. The highest BCUT2D eigenvalue weighted by molar-refractivity contribution is 5.66. The largest absolute Gasteiger partial charge is 0.495 e. The number of anilines is 1. The van der Waals surface area contributed by atoms with E-state index >= 15 is 0 Å². The summed E-state index contributed by atoms with van der Waals surface area (Å²) >= 11 is 0. The Bertz CT molecular complexity index is 554. The summed E-state index contributed by atoms with van der Waals surface area (Å²) in [4.78, 5) is 4.37.